The Morgan fingerprint density at radius 2 is 2.08 bits per heavy atom. The van der Waals surface area contributed by atoms with Crippen LogP contribution in [0.1, 0.15) is 11.1 Å². The third-order valence-electron chi connectivity index (χ3n) is 3.13. The molecule has 1 heterocycles. The van der Waals surface area contributed by atoms with E-state index < -0.39 is 6.61 Å². The van der Waals surface area contributed by atoms with Gasteiger partial charge in [-0.1, -0.05) is 6.07 Å². The molecule has 24 heavy (non-hydrogen) atoms. The van der Waals surface area contributed by atoms with Crippen LogP contribution in [0.2, 0.25) is 0 Å². The molecule has 1 amide bonds. The highest BCUT2D eigenvalue weighted by Crippen LogP contribution is 2.29. The fraction of sp³-hybridized carbons (Fsp3) is 0.176. The second-order valence-corrected chi connectivity index (χ2v) is 4.80. The number of methoxy groups -OCH3 is 1. The third kappa shape index (κ3) is 4.77. The number of hydrogen-bond acceptors (Lipinski definition) is 4. The van der Waals surface area contributed by atoms with E-state index in [1.54, 1.807) is 24.5 Å². The molecule has 0 radical (unpaired) electrons. The fourth-order valence-electron chi connectivity index (χ4n) is 1.92. The topological polar surface area (TPSA) is 60.5 Å². The van der Waals surface area contributed by atoms with E-state index in [1.165, 1.54) is 31.4 Å². The molecule has 0 aliphatic rings. The van der Waals surface area contributed by atoms with Crippen molar-refractivity contribution in [3.05, 3.63) is 53.9 Å². The number of carbonyl (C=O) groups is 1. The first-order valence-electron chi connectivity index (χ1n) is 7.02. The molecule has 0 fully saturated rings. The van der Waals surface area contributed by atoms with Crippen LogP contribution in [0.25, 0.3) is 6.08 Å². The average molecular weight is 334 g/mol. The van der Waals surface area contributed by atoms with Gasteiger partial charge in [-0.15, -0.1) is 0 Å². The van der Waals surface area contributed by atoms with E-state index in [9.17, 15) is 13.6 Å². The van der Waals surface area contributed by atoms with Crippen LogP contribution >= 0.6 is 0 Å². The molecule has 5 nitrogen and oxygen atoms in total. The molecule has 7 heteroatoms. The zero-order valence-corrected chi connectivity index (χ0v) is 13.1. The van der Waals surface area contributed by atoms with Crippen LogP contribution < -0.4 is 14.8 Å². The number of pyridine rings is 1. The maximum absolute atomic E-state index is 12.3. The minimum absolute atomic E-state index is 0.0694. The number of benzene rings is 1. The lowest BCUT2D eigenvalue weighted by molar-refractivity contribution is -0.111. The average Bonchev–Trinajstić information content (AvgIpc) is 2.55. The summed E-state index contributed by atoms with van der Waals surface area (Å²) in [6, 6.07) is 6.18. The summed E-state index contributed by atoms with van der Waals surface area (Å²) in [5.74, 6) is -0.251. The Hall–Kier alpha value is -2.96. The number of anilines is 1. The molecule has 1 aromatic carbocycles. The summed E-state index contributed by atoms with van der Waals surface area (Å²) in [5, 5.41) is 2.70. The van der Waals surface area contributed by atoms with E-state index in [1.807, 2.05) is 6.92 Å². The first-order chi connectivity index (χ1) is 11.5. The highest BCUT2D eigenvalue weighted by molar-refractivity contribution is 6.02. The molecule has 2 rings (SSSR count). The van der Waals surface area contributed by atoms with Crippen LogP contribution in [-0.2, 0) is 4.79 Å². The van der Waals surface area contributed by atoms with Crippen molar-refractivity contribution in [3.8, 4) is 11.5 Å². The van der Waals surface area contributed by atoms with Crippen LogP contribution in [0, 0.1) is 6.92 Å². The number of halogens is 2. The molecule has 0 bridgehead atoms. The van der Waals surface area contributed by atoms with Gasteiger partial charge in [0.1, 0.15) is 0 Å². The highest BCUT2D eigenvalue weighted by atomic mass is 19.3. The Labute approximate surface area is 137 Å². The van der Waals surface area contributed by atoms with E-state index in [4.69, 9.17) is 4.74 Å². The first-order valence-corrected chi connectivity index (χ1v) is 7.02. The summed E-state index contributed by atoms with van der Waals surface area (Å²) in [7, 11) is 1.35. The van der Waals surface area contributed by atoms with Gasteiger partial charge < -0.3 is 14.8 Å². The summed E-state index contributed by atoms with van der Waals surface area (Å²) in [4.78, 5) is 15.9. The summed E-state index contributed by atoms with van der Waals surface area (Å²) < 4.78 is 33.9. The summed E-state index contributed by atoms with van der Waals surface area (Å²) >= 11 is 0. The van der Waals surface area contributed by atoms with Crippen LogP contribution in [0.4, 0.5) is 14.5 Å². The number of carbonyl (C=O) groups excluding carboxylic acids is 1. The van der Waals surface area contributed by atoms with Gasteiger partial charge in [0.25, 0.3) is 0 Å². The monoisotopic (exact) mass is 334 g/mol. The highest BCUT2D eigenvalue weighted by Gasteiger charge is 2.10. The van der Waals surface area contributed by atoms with E-state index >= 15 is 0 Å². The Bertz CT molecular complexity index is 748. The van der Waals surface area contributed by atoms with E-state index in [0.717, 1.165) is 5.56 Å². The molecule has 0 aliphatic carbocycles. The lowest BCUT2D eigenvalue weighted by atomic mass is 10.2. The fourth-order valence-corrected chi connectivity index (χ4v) is 1.92. The molecule has 0 spiro atoms. The van der Waals surface area contributed by atoms with Crippen molar-refractivity contribution >= 4 is 17.7 Å². The number of ether oxygens (including phenoxy) is 2. The first kappa shape index (κ1) is 17.4. The summed E-state index contributed by atoms with van der Waals surface area (Å²) in [6.07, 6.45) is 6.06. The zero-order chi connectivity index (χ0) is 17.5. The maximum atomic E-state index is 12.3. The standard InChI is InChI=1S/C17H16F2N2O3/c1-11-7-8-20-10-13(11)21-16(22)6-4-12-3-5-14(24-17(18)19)15(9-12)23-2/h3-10,17H,1-2H3,(H,21,22). The van der Waals surface area contributed by atoms with Gasteiger partial charge in [0.05, 0.1) is 19.0 Å². The molecule has 0 aliphatic heterocycles. The predicted octanol–water partition coefficient (Wildman–Crippen LogP) is 3.65. The number of rotatable bonds is 6. The van der Waals surface area contributed by atoms with Gasteiger partial charge >= 0.3 is 6.61 Å². The summed E-state index contributed by atoms with van der Waals surface area (Å²) in [5.41, 5.74) is 2.11. The number of hydrogen-bond donors (Lipinski definition) is 1. The van der Waals surface area contributed by atoms with Crippen LogP contribution in [0.15, 0.2) is 42.7 Å². The van der Waals surface area contributed by atoms with Gasteiger partial charge in [-0.2, -0.15) is 8.78 Å². The molecule has 0 unspecified atom stereocenters. The van der Waals surface area contributed by atoms with Gasteiger partial charge in [-0.25, -0.2) is 0 Å². The van der Waals surface area contributed by atoms with E-state index in [0.29, 0.717) is 11.3 Å². The van der Waals surface area contributed by atoms with Crippen LogP contribution in [-0.4, -0.2) is 24.6 Å². The van der Waals surface area contributed by atoms with Crippen molar-refractivity contribution in [1.29, 1.82) is 0 Å². The quantitative estimate of drug-likeness (QED) is 0.819. The van der Waals surface area contributed by atoms with Crippen molar-refractivity contribution in [1.82, 2.24) is 4.98 Å². The molecule has 0 saturated carbocycles. The second kappa shape index (κ2) is 8.05. The van der Waals surface area contributed by atoms with Gasteiger partial charge in [0, 0.05) is 12.3 Å². The van der Waals surface area contributed by atoms with Gasteiger partial charge in [0.2, 0.25) is 5.91 Å². The minimum atomic E-state index is -2.94. The van der Waals surface area contributed by atoms with Crippen molar-refractivity contribution in [3.63, 3.8) is 0 Å². The largest absolute Gasteiger partial charge is 0.493 e. The normalized spacial score (nSPS) is 10.9. The van der Waals surface area contributed by atoms with Crippen molar-refractivity contribution in [2.75, 3.05) is 12.4 Å². The SMILES string of the molecule is COc1cc(C=CC(=O)Nc2cnccc2C)ccc1OC(F)F. The summed E-state index contributed by atoms with van der Waals surface area (Å²) in [6.45, 7) is -1.08. The number of amides is 1. The lowest BCUT2D eigenvalue weighted by Gasteiger charge is -2.10. The van der Waals surface area contributed by atoms with E-state index in [2.05, 4.69) is 15.0 Å². The molecule has 1 aromatic heterocycles. The maximum Gasteiger partial charge on any atom is 0.387 e. The number of aryl methyl sites for hydroxylation is 1. The lowest BCUT2D eigenvalue weighted by Crippen LogP contribution is -2.09. The molecule has 0 saturated heterocycles. The van der Waals surface area contributed by atoms with Crippen LogP contribution in [0.3, 0.4) is 0 Å². The van der Waals surface area contributed by atoms with Crippen molar-refractivity contribution < 1.29 is 23.0 Å². The molecule has 126 valence electrons. The van der Waals surface area contributed by atoms with Gasteiger partial charge in [-0.05, 0) is 42.3 Å². The van der Waals surface area contributed by atoms with Crippen LogP contribution in [0.5, 0.6) is 11.5 Å². The Morgan fingerprint density at radius 1 is 1.29 bits per heavy atom. The van der Waals surface area contributed by atoms with Gasteiger partial charge in [0.15, 0.2) is 11.5 Å². The minimum Gasteiger partial charge on any atom is -0.493 e. The second-order valence-electron chi connectivity index (χ2n) is 4.80. The smallest absolute Gasteiger partial charge is 0.387 e. The van der Waals surface area contributed by atoms with Gasteiger partial charge in [-0.3, -0.25) is 9.78 Å². The number of nitrogens with one attached hydrogen (secondary N) is 1. The number of alkyl halides is 2. The predicted molar refractivity (Wildman–Crippen MR) is 86.3 cm³/mol. The number of nitrogens with zero attached hydrogens (tertiary/aromatic N) is 1. The molecule has 0 atom stereocenters. The molecular weight excluding hydrogens is 318 g/mol. The Morgan fingerprint density at radius 3 is 2.75 bits per heavy atom. The van der Waals surface area contributed by atoms with Crippen molar-refractivity contribution in [2.24, 2.45) is 0 Å². The third-order valence-corrected chi connectivity index (χ3v) is 3.13. The Kier molecular flexibility index (Phi) is 5.83. The molecular formula is C17H16F2N2O3. The zero-order valence-electron chi connectivity index (χ0n) is 13.1. The van der Waals surface area contributed by atoms with Crippen molar-refractivity contribution in [2.45, 2.75) is 13.5 Å². The number of aromatic nitrogens is 1. The molecule has 1 N–H and O–H groups in total. The van der Waals surface area contributed by atoms with E-state index in [-0.39, 0.29) is 17.4 Å². The Balaban J connectivity index is 2.08. The molecule has 2 aromatic rings.